The van der Waals surface area contributed by atoms with E-state index in [0.717, 1.165) is 11.2 Å². The Morgan fingerprint density at radius 2 is 1.93 bits per heavy atom. The summed E-state index contributed by atoms with van der Waals surface area (Å²) in [5, 5.41) is 12.2. The molecule has 0 bridgehead atoms. The monoisotopic (exact) mass is 384 g/mol. The van der Waals surface area contributed by atoms with Gasteiger partial charge in [-0.15, -0.1) is 10.2 Å². The van der Waals surface area contributed by atoms with Crippen molar-refractivity contribution in [2.24, 2.45) is 0 Å². The Balaban J connectivity index is 1.63. The normalized spacial score (nSPS) is 17.6. The smallest absolute Gasteiger partial charge is 0.231 e. The van der Waals surface area contributed by atoms with E-state index in [0.29, 0.717) is 36.9 Å². The fourth-order valence-corrected chi connectivity index (χ4v) is 3.82. The summed E-state index contributed by atoms with van der Waals surface area (Å²) in [4.78, 5) is 13.4. The second kappa shape index (κ2) is 7.29. The van der Waals surface area contributed by atoms with Crippen molar-refractivity contribution < 1.29 is 9.53 Å². The molecule has 1 aromatic carbocycles. The molecule has 7 heteroatoms. The number of nitrogens with zero attached hydrogens (tertiary/aromatic N) is 3. The first-order chi connectivity index (χ1) is 13.1. The van der Waals surface area contributed by atoms with E-state index in [2.05, 4.69) is 15.5 Å². The maximum Gasteiger partial charge on any atom is 0.231 e. The first-order valence-electron chi connectivity index (χ1n) is 9.04. The second-order valence-electron chi connectivity index (χ2n) is 6.88. The average molecular weight is 385 g/mol. The van der Waals surface area contributed by atoms with E-state index in [1.165, 1.54) is 0 Å². The number of halogens is 1. The molecule has 1 aliphatic rings. The van der Waals surface area contributed by atoms with Gasteiger partial charge in [-0.1, -0.05) is 29.8 Å². The fourth-order valence-electron chi connectivity index (χ4n) is 3.69. The van der Waals surface area contributed by atoms with Crippen molar-refractivity contribution in [1.29, 1.82) is 0 Å². The highest BCUT2D eigenvalue weighted by molar-refractivity contribution is 6.30. The first kappa shape index (κ1) is 17.9. The molecule has 140 valence electrons. The van der Waals surface area contributed by atoms with Gasteiger partial charge in [-0.2, -0.15) is 0 Å². The summed E-state index contributed by atoms with van der Waals surface area (Å²) in [5.41, 5.74) is 1.09. The molecular weight excluding hydrogens is 364 g/mol. The molecule has 1 unspecified atom stereocenters. The fraction of sp³-hybridized carbons (Fsp3) is 0.350. The van der Waals surface area contributed by atoms with Gasteiger partial charge < -0.3 is 10.1 Å². The minimum atomic E-state index is -0.627. The lowest BCUT2D eigenvalue weighted by molar-refractivity contribution is -0.131. The molecule has 1 atom stereocenters. The van der Waals surface area contributed by atoms with Gasteiger partial charge in [0, 0.05) is 24.4 Å². The van der Waals surface area contributed by atoms with Crippen LogP contribution >= 0.6 is 11.6 Å². The van der Waals surface area contributed by atoms with Crippen molar-refractivity contribution >= 4 is 23.2 Å². The van der Waals surface area contributed by atoms with Gasteiger partial charge in [0.15, 0.2) is 11.5 Å². The topological polar surface area (TPSA) is 68.5 Å². The Morgan fingerprint density at radius 3 is 2.67 bits per heavy atom. The Kier molecular flexibility index (Phi) is 4.85. The van der Waals surface area contributed by atoms with Gasteiger partial charge in [0.1, 0.15) is 0 Å². The molecule has 1 saturated heterocycles. The number of rotatable bonds is 4. The zero-order chi connectivity index (χ0) is 18.9. The number of hydrogen-bond donors (Lipinski definition) is 1. The highest BCUT2D eigenvalue weighted by atomic mass is 35.5. The summed E-state index contributed by atoms with van der Waals surface area (Å²) in [5.74, 6) is 0.686. The van der Waals surface area contributed by atoms with E-state index in [9.17, 15) is 4.79 Å². The lowest BCUT2D eigenvalue weighted by Gasteiger charge is -2.37. The first-order valence-corrected chi connectivity index (χ1v) is 9.42. The number of nitrogens with one attached hydrogen (secondary N) is 1. The molecule has 0 radical (unpaired) electrons. The number of benzene rings is 1. The molecule has 6 nitrogen and oxygen atoms in total. The van der Waals surface area contributed by atoms with Crippen LogP contribution in [0.4, 0.5) is 0 Å². The summed E-state index contributed by atoms with van der Waals surface area (Å²) in [6, 6.07) is 13.0. The lowest BCUT2D eigenvalue weighted by atomic mass is 9.73. The maximum absolute atomic E-state index is 13.4. The number of ether oxygens (including phenoxy) is 1. The van der Waals surface area contributed by atoms with Gasteiger partial charge >= 0.3 is 0 Å². The highest BCUT2D eigenvalue weighted by Crippen LogP contribution is 2.36. The van der Waals surface area contributed by atoms with E-state index in [4.69, 9.17) is 16.3 Å². The standard InChI is InChI=1S/C20H21ClN4O2/c1-14(18-24-23-17-4-2-3-11-25(17)18)22-19(26)20(9-12-27-13-10-20)15-5-7-16(21)8-6-15/h2-8,11,14H,9-10,12-13H2,1H3,(H,22,26). The summed E-state index contributed by atoms with van der Waals surface area (Å²) < 4.78 is 7.42. The predicted molar refractivity (Wildman–Crippen MR) is 103 cm³/mol. The highest BCUT2D eigenvalue weighted by Gasteiger charge is 2.42. The minimum Gasteiger partial charge on any atom is -0.381 e. The van der Waals surface area contributed by atoms with Crippen molar-refractivity contribution in [1.82, 2.24) is 19.9 Å². The Bertz CT molecular complexity index is 948. The number of amides is 1. The molecule has 1 aliphatic heterocycles. The van der Waals surface area contributed by atoms with E-state index < -0.39 is 5.41 Å². The molecule has 3 heterocycles. The van der Waals surface area contributed by atoms with E-state index >= 15 is 0 Å². The quantitative estimate of drug-likeness (QED) is 0.749. The molecule has 0 aliphatic carbocycles. The van der Waals surface area contributed by atoms with Crippen molar-refractivity contribution in [2.45, 2.75) is 31.2 Å². The Morgan fingerprint density at radius 1 is 1.19 bits per heavy atom. The zero-order valence-corrected chi connectivity index (χ0v) is 15.8. The van der Waals surface area contributed by atoms with Crippen LogP contribution in [0, 0.1) is 0 Å². The number of hydrogen-bond acceptors (Lipinski definition) is 4. The minimum absolute atomic E-state index is 0.0201. The van der Waals surface area contributed by atoms with Crippen LogP contribution in [0.1, 0.15) is 37.2 Å². The lowest BCUT2D eigenvalue weighted by Crippen LogP contribution is -2.48. The Labute approximate surface area is 162 Å². The summed E-state index contributed by atoms with van der Waals surface area (Å²) in [7, 11) is 0. The predicted octanol–water partition coefficient (Wildman–Crippen LogP) is 3.31. The van der Waals surface area contributed by atoms with Crippen molar-refractivity contribution in [3.63, 3.8) is 0 Å². The third-order valence-electron chi connectivity index (χ3n) is 5.25. The summed E-state index contributed by atoms with van der Waals surface area (Å²) in [6.07, 6.45) is 3.16. The largest absolute Gasteiger partial charge is 0.381 e. The van der Waals surface area contributed by atoms with Gasteiger partial charge in [-0.05, 0) is 49.6 Å². The second-order valence-corrected chi connectivity index (χ2v) is 7.32. The van der Waals surface area contributed by atoms with Gasteiger partial charge in [0.25, 0.3) is 0 Å². The third kappa shape index (κ3) is 3.31. The van der Waals surface area contributed by atoms with E-state index in [1.54, 1.807) is 0 Å². The van der Waals surface area contributed by atoms with Gasteiger partial charge in [-0.3, -0.25) is 9.20 Å². The number of pyridine rings is 1. The van der Waals surface area contributed by atoms with Crippen LogP contribution < -0.4 is 5.32 Å². The van der Waals surface area contributed by atoms with Crippen LogP contribution in [-0.4, -0.2) is 33.7 Å². The zero-order valence-electron chi connectivity index (χ0n) is 15.1. The van der Waals surface area contributed by atoms with Crippen LogP contribution in [0.5, 0.6) is 0 Å². The third-order valence-corrected chi connectivity index (χ3v) is 5.50. The molecule has 27 heavy (non-hydrogen) atoms. The average Bonchev–Trinajstić information content (AvgIpc) is 3.13. The maximum atomic E-state index is 13.4. The molecular formula is C20H21ClN4O2. The van der Waals surface area contributed by atoms with E-state index in [1.807, 2.05) is 60.0 Å². The van der Waals surface area contributed by atoms with Gasteiger partial charge in [-0.25, -0.2) is 0 Å². The van der Waals surface area contributed by atoms with Crippen molar-refractivity contribution in [2.75, 3.05) is 13.2 Å². The van der Waals surface area contributed by atoms with Crippen molar-refractivity contribution in [3.05, 3.63) is 65.1 Å². The molecule has 2 aromatic heterocycles. The molecule has 1 N–H and O–H groups in total. The van der Waals surface area contributed by atoms with Gasteiger partial charge in [0.05, 0.1) is 11.5 Å². The van der Waals surface area contributed by atoms with Crippen LogP contribution in [0.3, 0.4) is 0 Å². The van der Waals surface area contributed by atoms with Gasteiger partial charge in [0.2, 0.25) is 5.91 Å². The molecule has 0 spiro atoms. The molecule has 1 amide bonds. The molecule has 4 rings (SSSR count). The van der Waals surface area contributed by atoms with Crippen LogP contribution in [-0.2, 0) is 14.9 Å². The molecule has 0 saturated carbocycles. The number of fused-ring (bicyclic) bond motifs is 1. The van der Waals surface area contributed by atoms with Crippen LogP contribution in [0.25, 0.3) is 5.65 Å². The molecule has 3 aromatic rings. The number of carbonyl (C=O) groups is 1. The molecule has 1 fully saturated rings. The SMILES string of the molecule is CC(NC(=O)C1(c2ccc(Cl)cc2)CCOCC1)c1nnc2ccccn12. The number of aromatic nitrogens is 3. The number of carbonyl (C=O) groups excluding carboxylic acids is 1. The van der Waals surface area contributed by atoms with Crippen LogP contribution in [0.15, 0.2) is 48.7 Å². The van der Waals surface area contributed by atoms with Crippen LogP contribution in [0.2, 0.25) is 5.02 Å². The van der Waals surface area contributed by atoms with E-state index in [-0.39, 0.29) is 11.9 Å². The van der Waals surface area contributed by atoms with Crippen molar-refractivity contribution in [3.8, 4) is 0 Å². The summed E-state index contributed by atoms with van der Waals surface area (Å²) in [6.45, 7) is 3.03. The summed E-state index contributed by atoms with van der Waals surface area (Å²) >= 11 is 6.04. The Hall–Kier alpha value is -2.44.